The number of aliphatic hydroxyl groups is 1. The van der Waals surface area contributed by atoms with Gasteiger partial charge in [0.1, 0.15) is 0 Å². The summed E-state index contributed by atoms with van der Waals surface area (Å²) in [5.41, 5.74) is -0.0238. The molecule has 0 aromatic carbocycles. The predicted octanol–water partition coefficient (Wildman–Crippen LogP) is 0.234. The Hall–Kier alpha value is -0.650. The third-order valence-electron chi connectivity index (χ3n) is 4.64. The van der Waals surface area contributed by atoms with Crippen LogP contribution in [0.25, 0.3) is 0 Å². The van der Waals surface area contributed by atoms with Gasteiger partial charge in [-0.2, -0.15) is 0 Å². The molecule has 0 radical (unpaired) electrons. The van der Waals surface area contributed by atoms with E-state index in [9.17, 15) is 9.90 Å². The van der Waals surface area contributed by atoms with Crippen molar-refractivity contribution in [2.75, 3.05) is 46.5 Å². The third-order valence-corrected chi connectivity index (χ3v) is 4.64. The number of aliphatic hydroxyl groups excluding tert-OH is 1. The molecule has 0 bridgehead atoms. The van der Waals surface area contributed by atoms with Crippen LogP contribution in [0.4, 0.5) is 0 Å². The van der Waals surface area contributed by atoms with Gasteiger partial charge in [0.05, 0.1) is 19.1 Å². The van der Waals surface area contributed by atoms with Gasteiger partial charge in [-0.05, 0) is 25.8 Å². The van der Waals surface area contributed by atoms with Crippen molar-refractivity contribution in [3.8, 4) is 0 Å². The normalized spacial score (nSPS) is 26.1. The van der Waals surface area contributed by atoms with E-state index in [4.69, 9.17) is 4.74 Å². The highest BCUT2D eigenvalue weighted by Crippen LogP contribution is 2.39. The van der Waals surface area contributed by atoms with Crippen LogP contribution in [-0.4, -0.2) is 62.4 Å². The smallest absolute Gasteiger partial charge is 0.224 e. The molecule has 2 N–H and O–H groups in total. The zero-order valence-corrected chi connectivity index (χ0v) is 11.9. The fourth-order valence-electron chi connectivity index (χ4n) is 2.96. The molecule has 110 valence electrons. The zero-order chi connectivity index (χ0) is 13.7. The van der Waals surface area contributed by atoms with E-state index in [0.29, 0.717) is 6.54 Å². The first-order valence-corrected chi connectivity index (χ1v) is 7.29. The number of nitrogens with one attached hydrogen (secondary N) is 1. The maximum atomic E-state index is 12.1. The highest BCUT2D eigenvalue weighted by atomic mass is 16.5. The molecule has 2 fully saturated rings. The van der Waals surface area contributed by atoms with Crippen molar-refractivity contribution in [1.82, 2.24) is 10.2 Å². The van der Waals surface area contributed by atoms with E-state index in [1.807, 2.05) is 0 Å². The van der Waals surface area contributed by atoms with E-state index in [2.05, 4.69) is 10.2 Å². The third kappa shape index (κ3) is 3.68. The van der Waals surface area contributed by atoms with E-state index in [1.165, 1.54) is 6.42 Å². The summed E-state index contributed by atoms with van der Waals surface area (Å²) in [6, 6.07) is 0. The second-order valence-electron chi connectivity index (χ2n) is 6.01. The Kier molecular flexibility index (Phi) is 5.19. The number of methoxy groups -OCH3 is 1. The number of nitrogens with zero attached hydrogens (tertiary/aromatic N) is 1. The molecule has 1 aliphatic carbocycles. The van der Waals surface area contributed by atoms with Crippen LogP contribution in [0.2, 0.25) is 0 Å². The predicted molar refractivity (Wildman–Crippen MR) is 72.8 cm³/mol. The highest BCUT2D eigenvalue weighted by Gasteiger charge is 2.37. The molecule has 1 saturated carbocycles. The van der Waals surface area contributed by atoms with E-state index >= 15 is 0 Å². The standard InChI is InChI=1S/C14H26N2O3/c1-19-8-7-16-6-3-12(9-16)13(18)15-10-14(11-17)4-2-5-14/h12,17H,2-11H2,1H3,(H,15,18)/t12-/m1/s1. The maximum Gasteiger partial charge on any atom is 0.224 e. The highest BCUT2D eigenvalue weighted by molar-refractivity contribution is 5.79. The van der Waals surface area contributed by atoms with Crippen LogP contribution >= 0.6 is 0 Å². The van der Waals surface area contributed by atoms with Crippen molar-refractivity contribution in [1.29, 1.82) is 0 Å². The molecule has 2 aliphatic rings. The molecule has 5 heteroatoms. The Morgan fingerprint density at radius 2 is 2.32 bits per heavy atom. The lowest BCUT2D eigenvalue weighted by molar-refractivity contribution is -0.125. The van der Waals surface area contributed by atoms with Crippen LogP contribution in [0, 0.1) is 11.3 Å². The second-order valence-corrected chi connectivity index (χ2v) is 6.01. The summed E-state index contributed by atoms with van der Waals surface area (Å²) in [6.07, 6.45) is 4.18. The average molecular weight is 270 g/mol. The Morgan fingerprint density at radius 3 is 2.89 bits per heavy atom. The van der Waals surface area contributed by atoms with Gasteiger partial charge in [0.2, 0.25) is 5.91 Å². The van der Waals surface area contributed by atoms with E-state index < -0.39 is 0 Å². The van der Waals surface area contributed by atoms with Gasteiger partial charge in [0, 0.05) is 32.2 Å². The van der Waals surface area contributed by atoms with Crippen LogP contribution in [0.5, 0.6) is 0 Å². The van der Waals surface area contributed by atoms with E-state index in [1.54, 1.807) is 7.11 Å². The first kappa shape index (κ1) is 14.8. The summed E-state index contributed by atoms with van der Waals surface area (Å²) >= 11 is 0. The quantitative estimate of drug-likeness (QED) is 0.695. The Morgan fingerprint density at radius 1 is 1.53 bits per heavy atom. The van der Waals surface area contributed by atoms with Crippen LogP contribution in [0.15, 0.2) is 0 Å². The molecule has 0 unspecified atom stereocenters. The number of amides is 1. The second kappa shape index (κ2) is 6.68. The fraction of sp³-hybridized carbons (Fsp3) is 0.929. The zero-order valence-electron chi connectivity index (χ0n) is 11.9. The molecule has 0 spiro atoms. The lowest BCUT2D eigenvalue weighted by Crippen LogP contribution is -2.46. The van der Waals surface area contributed by atoms with Crippen LogP contribution in [0.3, 0.4) is 0 Å². The topological polar surface area (TPSA) is 61.8 Å². The van der Waals surface area contributed by atoms with Gasteiger partial charge in [0.25, 0.3) is 0 Å². The monoisotopic (exact) mass is 270 g/mol. The fourth-order valence-corrected chi connectivity index (χ4v) is 2.96. The molecule has 1 aliphatic heterocycles. The van der Waals surface area contributed by atoms with Gasteiger partial charge < -0.3 is 20.1 Å². The minimum absolute atomic E-state index is 0.0238. The molecule has 1 amide bonds. The van der Waals surface area contributed by atoms with Crippen molar-refractivity contribution >= 4 is 5.91 Å². The minimum atomic E-state index is -0.0238. The summed E-state index contributed by atoms with van der Waals surface area (Å²) in [5, 5.41) is 12.4. The SMILES string of the molecule is COCCN1CC[C@@H](C(=O)NCC2(CO)CCC2)C1. The van der Waals surface area contributed by atoms with Gasteiger partial charge in [-0.1, -0.05) is 6.42 Å². The number of rotatable bonds is 7. The van der Waals surface area contributed by atoms with Crippen molar-refractivity contribution < 1.29 is 14.6 Å². The maximum absolute atomic E-state index is 12.1. The van der Waals surface area contributed by atoms with Crippen molar-refractivity contribution in [2.24, 2.45) is 11.3 Å². The summed E-state index contributed by atoms with van der Waals surface area (Å²) in [6.45, 7) is 4.27. The number of ether oxygens (including phenoxy) is 1. The molecule has 19 heavy (non-hydrogen) atoms. The molecule has 1 saturated heterocycles. The van der Waals surface area contributed by atoms with Gasteiger partial charge in [-0.25, -0.2) is 0 Å². The Balaban J connectivity index is 1.69. The summed E-state index contributed by atoms with van der Waals surface area (Å²) < 4.78 is 5.06. The lowest BCUT2D eigenvalue weighted by atomic mass is 9.69. The molecule has 1 atom stereocenters. The number of hydrogen-bond donors (Lipinski definition) is 2. The summed E-state index contributed by atoms with van der Waals surface area (Å²) in [4.78, 5) is 14.4. The average Bonchev–Trinajstić information content (AvgIpc) is 2.84. The van der Waals surface area contributed by atoms with Crippen molar-refractivity contribution in [2.45, 2.75) is 25.7 Å². The molecular weight excluding hydrogens is 244 g/mol. The Bertz CT molecular complexity index is 300. The molecule has 0 aromatic rings. The van der Waals surface area contributed by atoms with E-state index in [0.717, 1.165) is 45.5 Å². The summed E-state index contributed by atoms with van der Waals surface area (Å²) in [7, 11) is 1.70. The first-order valence-electron chi connectivity index (χ1n) is 7.29. The lowest BCUT2D eigenvalue weighted by Gasteiger charge is -2.40. The molecule has 0 aromatic heterocycles. The number of carbonyl (C=O) groups is 1. The van der Waals surface area contributed by atoms with Crippen molar-refractivity contribution in [3.63, 3.8) is 0 Å². The first-order chi connectivity index (χ1) is 9.19. The molecule has 2 rings (SSSR count). The van der Waals surface area contributed by atoms with Gasteiger partial charge in [-0.3, -0.25) is 4.79 Å². The van der Waals surface area contributed by atoms with E-state index in [-0.39, 0.29) is 23.8 Å². The molecule has 5 nitrogen and oxygen atoms in total. The van der Waals surface area contributed by atoms with Crippen LogP contribution in [-0.2, 0) is 9.53 Å². The number of hydrogen-bond acceptors (Lipinski definition) is 4. The number of likely N-dealkylation sites (tertiary alicyclic amines) is 1. The van der Waals surface area contributed by atoms with Crippen molar-refractivity contribution in [3.05, 3.63) is 0 Å². The van der Waals surface area contributed by atoms with Gasteiger partial charge in [-0.15, -0.1) is 0 Å². The number of carbonyl (C=O) groups excluding carboxylic acids is 1. The largest absolute Gasteiger partial charge is 0.396 e. The minimum Gasteiger partial charge on any atom is -0.396 e. The van der Waals surface area contributed by atoms with Gasteiger partial charge >= 0.3 is 0 Å². The van der Waals surface area contributed by atoms with Gasteiger partial charge in [0.15, 0.2) is 0 Å². The van der Waals surface area contributed by atoms with Crippen LogP contribution in [0.1, 0.15) is 25.7 Å². The molecule has 1 heterocycles. The van der Waals surface area contributed by atoms with Crippen LogP contribution < -0.4 is 5.32 Å². The summed E-state index contributed by atoms with van der Waals surface area (Å²) in [5.74, 6) is 0.257. The Labute approximate surface area is 115 Å². The molecular formula is C14H26N2O3.